The van der Waals surface area contributed by atoms with Gasteiger partial charge in [-0.25, -0.2) is 4.98 Å². The largest absolute Gasteiger partial charge is 0.348 e. The second-order valence-electron chi connectivity index (χ2n) is 6.44. The molecule has 1 amide bonds. The number of amides is 1. The SMILES string of the molecule is CN(C)Cc1cccc(C(=O)NCc2csc(N3CCCC3)n2)c1. The Morgan fingerprint density at radius 2 is 2.12 bits per heavy atom. The molecule has 0 spiro atoms. The Balaban J connectivity index is 1.57. The summed E-state index contributed by atoms with van der Waals surface area (Å²) in [4.78, 5) is 21.4. The van der Waals surface area contributed by atoms with Crippen LogP contribution < -0.4 is 10.2 Å². The van der Waals surface area contributed by atoms with Gasteiger partial charge in [-0.3, -0.25) is 4.79 Å². The molecule has 6 heteroatoms. The van der Waals surface area contributed by atoms with Crippen molar-refractivity contribution in [1.29, 1.82) is 0 Å². The highest BCUT2D eigenvalue weighted by atomic mass is 32.1. The van der Waals surface area contributed by atoms with Crippen LogP contribution in [-0.2, 0) is 13.1 Å². The fraction of sp³-hybridized carbons (Fsp3) is 0.444. The van der Waals surface area contributed by atoms with E-state index in [1.807, 2.05) is 43.7 Å². The Hall–Kier alpha value is -1.92. The topological polar surface area (TPSA) is 48.5 Å². The normalized spacial score (nSPS) is 14.4. The van der Waals surface area contributed by atoms with Crippen molar-refractivity contribution in [3.63, 3.8) is 0 Å². The Morgan fingerprint density at radius 1 is 1.33 bits per heavy atom. The Kier molecular flexibility index (Phi) is 5.48. The second kappa shape index (κ2) is 7.77. The lowest BCUT2D eigenvalue weighted by Crippen LogP contribution is -2.23. The van der Waals surface area contributed by atoms with Gasteiger partial charge in [-0.2, -0.15) is 0 Å². The minimum Gasteiger partial charge on any atom is -0.348 e. The molecule has 0 radical (unpaired) electrons. The van der Waals surface area contributed by atoms with E-state index in [-0.39, 0.29) is 5.91 Å². The van der Waals surface area contributed by atoms with Gasteiger partial charge in [0, 0.05) is 30.6 Å². The smallest absolute Gasteiger partial charge is 0.251 e. The van der Waals surface area contributed by atoms with Gasteiger partial charge in [-0.15, -0.1) is 11.3 Å². The lowest BCUT2D eigenvalue weighted by Gasteiger charge is -2.12. The number of hydrogen-bond donors (Lipinski definition) is 1. The monoisotopic (exact) mass is 344 g/mol. The van der Waals surface area contributed by atoms with Crippen LogP contribution in [0.1, 0.15) is 34.5 Å². The fourth-order valence-electron chi connectivity index (χ4n) is 2.88. The fourth-order valence-corrected chi connectivity index (χ4v) is 3.76. The van der Waals surface area contributed by atoms with Crippen molar-refractivity contribution in [3.8, 4) is 0 Å². The molecule has 0 unspecified atom stereocenters. The number of benzene rings is 1. The average Bonchev–Trinajstić information content (AvgIpc) is 3.23. The summed E-state index contributed by atoms with van der Waals surface area (Å²) in [5, 5.41) is 6.08. The van der Waals surface area contributed by atoms with Gasteiger partial charge in [0.25, 0.3) is 5.91 Å². The van der Waals surface area contributed by atoms with E-state index in [1.54, 1.807) is 11.3 Å². The number of nitrogens with one attached hydrogen (secondary N) is 1. The third kappa shape index (κ3) is 4.33. The third-order valence-corrected chi connectivity index (χ3v) is 4.98. The molecule has 128 valence electrons. The third-order valence-electron chi connectivity index (χ3n) is 4.03. The molecule has 1 aromatic carbocycles. The Morgan fingerprint density at radius 3 is 2.88 bits per heavy atom. The standard InChI is InChI=1S/C18H24N4OS/c1-21(2)12-14-6-5-7-15(10-14)17(23)19-11-16-13-24-18(20-16)22-8-3-4-9-22/h5-7,10,13H,3-4,8-9,11-12H2,1-2H3,(H,19,23). The maximum absolute atomic E-state index is 12.4. The van der Waals surface area contributed by atoms with E-state index >= 15 is 0 Å². The number of thiazole rings is 1. The predicted octanol–water partition coefficient (Wildman–Crippen LogP) is 2.73. The predicted molar refractivity (Wildman–Crippen MR) is 98.6 cm³/mol. The molecule has 1 fully saturated rings. The molecule has 5 nitrogen and oxygen atoms in total. The minimum absolute atomic E-state index is 0.0497. The van der Waals surface area contributed by atoms with Crippen molar-refractivity contribution in [2.45, 2.75) is 25.9 Å². The van der Waals surface area contributed by atoms with Crippen molar-refractivity contribution in [2.24, 2.45) is 0 Å². The zero-order valence-electron chi connectivity index (χ0n) is 14.3. The molecule has 0 atom stereocenters. The van der Waals surface area contributed by atoms with Gasteiger partial charge in [0.05, 0.1) is 12.2 Å². The summed E-state index contributed by atoms with van der Waals surface area (Å²) in [6.07, 6.45) is 2.49. The highest BCUT2D eigenvalue weighted by molar-refractivity contribution is 7.13. The molecule has 24 heavy (non-hydrogen) atoms. The first-order chi connectivity index (χ1) is 11.6. The summed E-state index contributed by atoms with van der Waals surface area (Å²) in [5.74, 6) is -0.0497. The van der Waals surface area contributed by atoms with Crippen molar-refractivity contribution >= 4 is 22.4 Å². The van der Waals surface area contributed by atoms with Gasteiger partial charge in [0.15, 0.2) is 5.13 Å². The van der Waals surface area contributed by atoms with Gasteiger partial charge >= 0.3 is 0 Å². The maximum Gasteiger partial charge on any atom is 0.251 e. The number of anilines is 1. The number of rotatable bonds is 6. The highest BCUT2D eigenvalue weighted by Crippen LogP contribution is 2.24. The van der Waals surface area contributed by atoms with Crippen molar-refractivity contribution in [1.82, 2.24) is 15.2 Å². The summed E-state index contributed by atoms with van der Waals surface area (Å²) < 4.78 is 0. The molecule has 2 aromatic rings. The van der Waals surface area contributed by atoms with Crippen LogP contribution in [0.3, 0.4) is 0 Å². The van der Waals surface area contributed by atoms with E-state index in [9.17, 15) is 4.79 Å². The van der Waals surface area contributed by atoms with E-state index in [0.29, 0.717) is 12.1 Å². The van der Waals surface area contributed by atoms with Gasteiger partial charge in [-0.05, 0) is 44.6 Å². The van der Waals surface area contributed by atoms with Crippen LogP contribution in [0.25, 0.3) is 0 Å². The summed E-state index contributed by atoms with van der Waals surface area (Å²) >= 11 is 1.66. The first-order valence-corrected chi connectivity index (χ1v) is 9.21. The van der Waals surface area contributed by atoms with Crippen molar-refractivity contribution in [2.75, 3.05) is 32.1 Å². The quantitative estimate of drug-likeness (QED) is 0.875. The van der Waals surface area contributed by atoms with Gasteiger partial charge in [0.2, 0.25) is 0 Å². The first kappa shape index (κ1) is 16.9. The van der Waals surface area contributed by atoms with Crippen LogP contribution in [0, 0.1) is 0 Å². The number of nitrogens with zero attached hydrogens (tertiary/aromatic N) is 3. The van der Waals surface area contributed by atoms with Crippen molar-refractivity contribution < 1.29 is 4.79 Å². The van der Waals surface area contributed by atoms with Crippen LogP contribution in [0.2, 0.25) is 0 Å². The molecule has 1 aliphatic heterocycles. The van der Waals surface area contributed by atoms with E-state index in [4.69, 9.17) is 0 Å². The molecule has 1 aromatic heterocycles. The van der Waals surface area contributed by atoms with E-state index < -0.39 is 0 Å². The first-order valence-electron chi connectivity index (χ1n) is 8.33. The molecule has 0 aliphatic carbocycles. The Labute approximate surface area is 147 Å². The number of carbonyl (C=O) groups is 1. The van der Waals surface area contributed by atoms with Crippen molar-refractivity contribution in [3.05, 3.63) is 46.5 Å². The van der Waals surface area contributed by atoms with Crippen LogP contribution in [0.15, 0.2) is 29.6 Å². The van der Waals surface area contributed by atoms with E-state index in [2.05, 4.69) is 20.1 Å². The molecule has 1 N–H and O–H groups in total. The average molecular weight is 344 g/mol. The van der Waals surface area contributed by atoms with Gasteiger partial charge < -0.3 is 15.1 Å². The van der Waals surface area contributed by atoms with Gasteiger partial charge in [0.1, 0.15) is 0 Å². The van der Waals surface area contributed by atoms with E-state index in [1.165, 1.54) is 12.8 Å². The van der Waals surface area contributed by atoms with Crippen LogP contribution in [0.4, 0.5) is 5.13 Å². The lowest BCUT2D eigenvalue weighted by atomic mass is 10.1. The Bertz CT molecular complexity index is 692. The summed E-state index contributed by atoms with van der Waals surface area (Å²) in [6.45, 7) is 3.49. The second-order valence-corrected chi connectivity index (χ2v) is 7.27. The zero-order valence-corrected chi connectivity index (χ0v) is 15.1. The number of hydrogen-bond acceptors (Lipinski definition) is 5. The van der Waals surface area contributed by atoms with Crippen LogP contribution >= 0.6 is 11.3 Å². The minimum atomic E-state index is -0.0497. The zero-order chi connectivity index (χ0) is 16.9. The molecule has 3 rings (SSSR count). The summed E-state index contributed by atoms with van der Waals surface area (Å²) in [7, 11) is 4.04. The summed E-state index contributed by atoms with van der Waals surface area (Å²) in [5.41, 5.74) is 2.77. The molecule has 2 heterocycles. The van der Waals surface area contributed by atoms with Crippen LogP contribution in [-0.4, -0.2) is 43.0 Å². The molecule has 1 aliphatic rings. The molecular weight excluding hydrogens is 320 g/mol. The lowest BCUT2D eigenvalue weighted by molar-refractivity contribution is 0.0950. The van der Waals surface area contributed by atoms with Crippen LogP contribution in [0.5, 0.6) is 0 Å². The molecule has 1 saturated heterocycles. The molecule has 0 bridgehead atoms. The molecular formula is C18H24N4OS. The molecule has 0 saturated carbocycles. The summed E-state index contributed by atoms with van der Waals surface area (Å²) in [6, 6.07) is 7.78. The number of aromatic nitrogens is 1. The van der Waals surface area contributed by atoms with E-state index in [0.717, 1.165) is 36.0 Å². The van der Waals surface area contributed by atoms with Gasteiger partial charge in [-0.1, -0.05) is 12.1 Å². The highest BCUT2D eigenvalue weighted by Gasteiger charge is 2.16. The maximum atomic E-state index is 12.4. The number of carbonyl (C=O) groups excluding carboxylic acids is 1.